The van der Waals surface area contributed by atoms with Crippen LogP contribution in [0.3, 0.4) is 0 Å². The lowest BCUT2D eigenvalue weighted by atomic mass is 10.2. The fraction of sp³-hybridized carbons (Fsp3) is 0.0714. The van der Waals surface area contributed by atoms with Crippen molar-refractivity contribution in [1.29, 1.82) is 0 Å². The van der Waals surface area contributed by atoms with Crippen LogP contribution < -0.4 is 0 Å². The summed E-state index contributed by atoms with van der Waals surface area (Å²) in [6.07, 6.45) is 3.87. The Kier molecular flexibility index (Phi) is 2.18. The van der Waals surface area contributed by atoms with Gasteiger partial charge in [-0.15, -0.1) is 0 Å². The van der Waals surface area contributed by atoms with Gasteiger partial charge in [0, 0.05) is 18.0 Å². The van der Waals surface area contributed by atoms with Gasteiger partial charge in [0.05, 0.1) is 5.69 Å². The highest BCUT2D eigenvalue weighted by atomic mass is 19.1. The average molecular weight is 226 g/mol. The van der Waals surface area contributed by atoms with Gasteiger partial charge in [0.15, 0.2) is 0 Å². The molecule has 0 aliphatic heterocycles. The summed E-state index contributed by atoms with van der Waals surface area (Å²) in [7, 11) is 0. The minimum atomic E-state index is -0.240. The van der Waals surface area contributed by atoms with E-state index in [0.717, 1.165) is 22.5 Å². The molecule has 0 aliphatic carbocycles. The van der Waals surface area contributed by atoms with E-state index in [1.54, 1.807) is 6.07 Å². The molecule has 0 bridgehead atoms. The summed E-state index contributed by atoms with van der Waals surface area (Å²) >= 11 is 0. The number of benzene rings is 1. The molecule has 84 valence electrons. The number of aromatic nitrogens is 2. The number of nitrogens with zero attached hydrogens (tertiary/aromatic N) is 2. The van der Waals surface area contributed by atoms with Gasteiger partial charge in [-0.05, 0) is 36.8 Å². The van der Waals surface area contributed by atoms with Gasteiger partial charge >= 0.3 is 0 Å². The monoisotopic (exact) mass is 226 g/mol. The molecule has 0 fully saturated rings. The molecule has 0 radical (unpaired) electrons. The van der Waals surface area contributed by atoms with E-state index in [-0.39, 0.29) is 5.82 Å². The zero-order valence-corrected chi connectivity index (χ0v) is 9.39. The summed E-state index contributed by atoms with van der Waals surface area (Å²) in [6, 6.07) is 10.5. The Hall–Kier alpha value is -2.16. The first-order valence-electron chi connectivity index (χ1n) is 5.44. The van der Waals surface area contributed by atoms with E-state index >= 15 is 0 Å². The second kappa shape index (κ2) is 3.70. The van der Waals surface area contributed by atoms with E-state index in [2.05, 4.69) is 4.98 Å². The van der Waals surface area contributed by atoms with Crippen LogP contribution in [0.2, 0.25) is 0 Å². The van der Waals surface area contributed by atoms with Gasteiger partial charge in [-0.2, -0.15) is 0 Å². The van der Waals surface area contributed by atoms with E-state index in [0.29, 0.717) is 0 Å². The van der Waals surface area contributed by atoms with E-state index in [4.69, 9.17) is 0 Å². The number of imidazole rings is 1. The van der Waals surface area contributed by atoms with E-state index in [1.165, 1.54) is 12.1 Å². The number of hydrogen-bond acceptors (Lipinski definition) is 1. The lowest BCUT2D eigenvalue weighted by Crippen LogP contribution is -1.81. The van der Waals surface area contributed by atoms with Gasteiger partial charge in [-0.1, -0.05) is 12.1 Å². The Morgan fingerprint density at radius 3 is 2.88 bits per heavy atom. The Morgan fingerprint density at radius 1 is 1.18 bits per heavy atom. The lowest BCUT2D eigenvalue weighted by Gasteiger charge is -1.94. The molecular formula is C14H11FN2. The number of rotatable bonds is 1. The molecule has 17 heavy (non-hydrogen) atoms. The molecule has 0 unspecified atom stereocenters. The van der Waals surface area contributed by atoms with Crippen LogP contribution in [0.25, 0.3) is 16.9 Å². The Balaban J connectivity index is 2.18. The number of aryl methyl sites for hydroxylation is 1. The van der Waals surface area contributed by atoms with E-state index in [1.807, 2.05) is 41.9 Å². The van der Waals surface area contributed by atoms with Crippen LogP contribution in [0.4, 0.5) is 4.39 Å². The smallest absolute Gasteiger partial charge is 0.137 e. The van der Waals surface area contributed by atoms with Crippen molar-refractivity contribution in [2.24, 2.45) is 0 Å². The molecule has 3 heteroatoms. The Labute approximate surface area is 98.4 Å². The molecule has 0 aliphatic rings. The highest BCUT2D eigenvalue weighted by Gasteiger charge is 2.04. The van der Waals surface area contributed by atoms with Crippen molar-refractivity contribution in [2.45, 2.75) is 6.92 Å². The number of hydrogen-bond donors (Lipinski definition) is 0. The van der Waals surface area contributed by atoms with Crippen LogP contribution in [-0.4, -0.2) is 9.38 Å². The molecule has 0 saturated carbocycles. The molecular weight excluding hydrogens is 215 g/mol. The minimum absolute atomic E-state index is 0.240. The first-order chi connectivity index (χ1) is 8.22. The van der Waals surface area contributed by atoms with Crippen LogP contribution >= 0.6 is 0 Å². The number of fused-ring (bicyclic) bond motifs is 1. The third kappa shape index (κ3) is 1.80. The van der Waals surface area contributed by atoms with Crippen LogP contribution in [0.15, 0.2) is 48.8 Å². The molecule has 0 amide bonds. The second-order valence-corrected chi connectivity index (χ2v) is 4.11. The van der Waals surface area contributed by atoms with Gasteiger partial charge in [-0.3, -0.25) is 0 Å². The van der Waals surface area contributed by atoms with E-state index < -0.39 is 0 Å². The summed E-state index contributed by atoms with van der Waals surface area (Å²) in [4.78, 5) is 4.48. The standard InChI is InChI=1S/C14H11FN2/c1-10-5-6-17-9-13(16-14(17)7-10)11-3-2-4-12(15)8-11/h2-9H,1H3. The summed E-state index contributed by atoms with van der Waals surface area (Å²) < 4.78 is 15.1. The molecule has 0 atom stereocenters. The van der Waals surface area contributed by atoms with Crippen molar-refractivity contribution >= 4 is 5.65 Å². The van der Waals surface area contributed by atoms with Crippen molar-refractivity contribution in [3.63, 3.8) is 0 Å². The zero-order chi connectivity index (χ0) is 11.8. The molecule has 2 nitrogen and oxygen atoms in total. The molecule has 3 rings (SSSR count). The summed E-state index contributed by atoms with van der Waals surface area (Å²) in [5.41, 5.74) is 3.62. The Morgan fingerprint density at radius 2 is 2.06 bits per heavy atom. The van der Waals surface area contributed by atoms with Gasteiger partial charge in [-0.25, -0.2) is 9.37 Å². The summed E-state index contributed by atoms with van der Waals surface area (Å²) in [5.74, 6) is -0.240. The molecule has 0 spiro atoms. The van der Waals surface area contributed by atoms with Gasteiger partial charge < -0.3 is 4.40 Å². The van der Waals surface area contributed by atoms with Crippen LogP contribution in [0, 0.1) is 12.7 Å². The molecule has 1 aromatic carbocycles. The number of pyridine rings is 1. The first kappa shape index (κ1) is 10.0. The first-order valence-corrected chi connectivity index (χ1v) is 5.44. The van der Waals surface area contributed by atoms with Crippen molar-refractivity contribution in [3.8, 4) is 11.3 Å². The third-order valence-electron chi connectivity index (χ3n) is 2.74. The lowest BCUT2D eigenvalue weighted by molar-refractivity contribution is 0.628. The van der Waals surface area contributed by atoms with Gasteiger partial charge in [0.2, 0.25) is 0 Å². The summed E-state index contributed by atoms with van der Waals surface area (Å²) in [6.45, 7) is 2.02. The molecule has 0 saturated heterocycles. The minimum Gasteiger partial charge on any atom is -0.306 e. The zero-order valence-electron chi connectivity index (χ0n) is 9.39. The Bertz CT molecular complexity index is 686. The fourth-order valence-electron chi connectivity index (χ4n) is 1.87. The van der Waals surface area contributed by atoms with Crippen molar-refractivity contribution in [1.82, 2.24) is 9.38 Å². The maximum Gasteiger partial charge on any atom is 0.137 e. The van der Waals surface area contributed by atoms with Crippen LogP contribution in [0.5, 0.6) is 0 Å². The highest BCUT2D eigenvalue weighted by Crippen LogP contribution is 2.20. The van der Waals surface area contributed by atoms with Gasteiger partial charge in [0.25, 0.3) is 0 Å². The normalized spacial score (nSPS) is 10.9. The fourth-order valence-corrected chi connectivity index (χ4v) is 1.87. The largest absolute Gasteiger partial charge is 0.306 e. The molecule has 2 heterocycles. The molecule has 2 aromatic heterocycles. The van der Waals surface area contributed by atoms with Crippen molar-refractivity contribution in [2.75, 3.05) is 0 Å². The highest BCUT2D eigenvalue weighted by molar-refractivity contribution is 5.62. The maximum atomic E-state index is 13.1. The molecule has 3 aromatic rings. The average Bonchev–Trinajstić information content (AvgIpc) is 2.72. The SMILES string of the molecule is Cc1ccn2cc(-c3cccc(F)c3)nc2c1. The topological polar surface area (TPSA) is 17.3 Å². The molecule has 0 N–H and O–H groups in total. The number of halogens is 1. The summed E-state index contributed by atoms with van der Waals surface area (Å²) in [5, 5.41) is 0. The third-order valence-corrected chi connectivity index (χ3v) is 2.74. The predicted octanol–water partition coefficient (Wildman–Crippen LogP) is 3.45. The van der Waals surface area contributed by atoms with E-state index in [9.17, 15) is 4.39 Å². The van der Waals surface area contributed by atoms with Crippen molar-refractivity contribution in [3.05, 3.63) is 60.2 Å². The van der Waals surface area contributed by atoms with Gasteiger partial charge in [0.1, 0.15) is 11.5 Å². The quantitative estimate of drug-likeness (QED) is 0.621. The van der Waals surface area contributed by atoms with Crippen LogP contribution in [-0.2, 0) is 0 Å². The van der Waals surface area contributed by atoms with Crippen LogP contribution in [0.1, 0.15) is 5.56 Å². The predicted molar refractivity (Wildman–Crippen MR) is 65.3 cm³/mol. The maximum absolute atomic E-state index is 13.1. The van der Waals surface area contributed by atoms with Crippen molar-refractivity contribution < 1.29 is 4.39 Å². The second-order valence-electron chi connectivity index (χ2n) is 4.11.